The highest BCUT2D eigenvalue weighted by atomic mass is 32.2. The van der Waals surface area contributed by atoms with Crippen molar-refractivity contribution < 1.29 is 17.9 Å². The summed E-state index contributed by atoms with van der Waals surface area (Å²) < 4.78 is 29.4. The van der Waals surface area contributed by atoms with Crippen LogP contribution >= 0.6 is 0 Å². The number of rotatable bonds is 8. The Balaban J connectivity index is 1.87. The Kier molecular flexibility index (Phi) is 6.70. The zero-order chi connectivity index (χ0) is 19.2. The first kappa shape index (κ1) is 19.9. The van der Waals surface area contributed by atoms with Crippen LogP contribution in [-0.4, -0.2) is 43.5 Å². The quantitative estimate of drug-likeness (QED) is 0.757. The van der Waals surface area contributed by atoms with Gasteiger partial charge in [-0.15, -0.1) is 0 Å². The molecule has 0 bridgehead atoms. The van der Waals surface area contributed by atoms with Gasteiger partial charge in [0, 0.05) is 25.0 Å². The molecule has 1 amide bonds. The highest BCUT2D eigenvalue weighted by Crippen LogP contribution is 2.18. The number of hydrogen-bond acceptors (Lipinski definition) is 5. The van der Waals surface area contributed by atoms with Gasteiger partial charge in [0.1, 0.15) is 12.4 Å². The smallest absolute Gasteiger partial charge is 0.235 e. The molecule has 0 aliphatic carbocycles. The van der Waals surface area contributed by atoms with Crippen LogP contribution in [-0.2, 0) is 21.4 Å². The second kappa shape index (κ2) is 8.77. The lowest BCUT2D eigenvalue weighted by atomic mass is 10.1. The number of carbonyl (C=O) groups is 1. The molecule has 7 nitrogen and oxygen atoms in total. The Morgan fingerprint density at radius 1 is 1.27 bits per heavy atom. The second-order valence-electron chi connectivity index (χ2n) is 6.03. The number of ether oxygens (including phenoxy) is 1. The highest BCUT2D eigenvalue weighted by molar-refractivity contribution is 7.88. The van der Waals surface area contributed by atoms with E-state index in [4.69, 9.17) is 4.74 Å². The number of pyridine rings is 1. The van der Waals surface area contributed by atoms with Gasteiger partial charge >= 0.3 is 0 Å². The Morgan fingerprint density at radius 3 is 2.54 bits per heavy atom. The molecule has 140 valence electrons. The number of sulfonamides is 1. The largest absolute Gasteiger partial charge is 0.489 e. The van der Waals surface area contributed by atoms with Gasteiger partial charge in [-0.3, -0.25) is 9.78 Å². The predicted octanol–water partition coefficient (Wildman–Crippen LogP) is 1.73. The summed E-state index contributed by atoms with van der Waals surface area (Å²) in [7, 11) is -2.01. The van der Waals surface area contributed by atoms with E-state index in [1.807, 2.05) is 43.3 Å². The third-order valence-corrected chi connectivity index (χ3v) is 5.08. The molecule has 1 atom stereocenters. The summed E-state index contributed by atoms with van der Waals surface area (Å²) >= 11 is 0. The zero-order valence-electron chi connectivity index (χ0n) is 15.0. The number of amides is 1. The van der Waals surface area contributed by atoms with Crippen molar-refractivity contribution in [1.82, 2.24) is 14.6 Å². The van der Waals surface area contributed by atoms with Crippen molar-refractivity contribution in [3.05, 3.63) is 59.9 Å². The van der Waals surface area contributed by atoms with Gasteiger partial charge in [-0.2, -0.15) is 4.31 Å². The summed E-state index contributed by atoms with van der Waals surface area (Å²) in [5.74, 6) is 0.357. The van der Waals surface area contributed by atoms with Crippen molar-refractivity contribution in [3.8, 4) is 5.75 Å². The van der Waals surface area contributed by atoms with Crippen molar-refractivity contribution >= 4 is 15.9 Å². The third-order valence-electron chi connectivity index (χ3n) is 3.82. The maximum Gasteiger partial charge on any atom is 0.235 e. The number of nitrogens with zero attached hydrogens (tertiary/aromatic N) is 2. The molecule has 0 fully saturated rings. The Hall–Kier alpha value is -2.45. The minimum Gasteiger partial charge on any atom is -0.489 e. The van der Waals surface area contributed by atoms with Gasteiger partial charge in [0.2, 0.25) is 15.9 Å². The van der Waals surface area contributed by atoms with Gasteiger partial charge in [-0.25, -0.2) is 8.42 Å². The fourth-order valence-corrected chi connectivity index (χ4v) is 2.54. The molecule has 1 unspecified atom stereocenters. The molecule has 1 heterocycles. The minimum absolute atomic E-state index is 0.213. The van der Waals surface area contributed by atoms with E-state index in [1.54, 1.807) is 12.4 Å². The zero-order valence-corrected chi connectivity index (χ0v) is 15.9. The lowest BCUT2D eigenvalue weighted by molar-refractivity contribution is -0.121. The maximum atomic E-state index is 12.0. The van der Waals surface area contributed by atoms with Crippen molar-refractivity contribution in [1.29, 1.82) is 0 Å². The van der Waals surface area contributed by atoms with Gasteiger partial charge in [0.25, 0.3) is 0 Å². The van der Waals surface area contributed by atoms with Crippen LogP contribution < -0.4 is 10.1 Å². The fourth-order valence-electron chi connectivity index (χ4n) is 2.19. The van der Waals surface area contributed by atoms with Crippen LogP contribution in [0.3, 0.4) is 0 Å². The standard InChI is InChI=1S/C18H23N3O4S/c1-14(20-18(22)12-21(2)26(3,23)24)16-6-8-17(9-7-16)25-13-15-5-4-10-19-11-15/h4-11,14H,12-13H2,1-3H3,(H,20,22). The summed E-state index contributed by atoms with van der Waals surface area (Å²) in [5, 5.41) is 2.78. The summed E-state index contributed by atoms with van der Waals surface area (Å²) in [5.41, 5.74) is 1.88. The van der Waals surface area contributed by atoms with Crippen LogP contribution in [0.2, 0.25) is 0 Å². The molecular weight excluding hydrogens is 354 g/mol. The van der Waals surface area contributed by atoms with E-state index < -0.39 is 10.0 Å². The van der Waals surface area contributed by atoms with Crippen molar-refractivity contribution in [2.24, 2.45) is 0 Å². The minimum atomic E-state index is -3.38. The molecule has 0 radical (unpaired) electrons. The van der Waals surface area contributed by atoms with E-state index in [0.717, 1.165) is 21.7 Å². The molecule has 26 heavy (non-hydrogen) atoms. The van der Waals surface area contributed by atoms with Crippen LogP contribution in [0.5, 0.6) is 5.75 Å². The normalized spacial score (nSPS) is 12.6. The van der Waals surface area contributed by atoms with Gasteiger partial charge in [0.15, 0.2) is 0 Å². The van der Waals surface area contributed by atoms with Gasteiger partial charge < -0.3 is 10.1 Å². The third kappa shape index (κ3) is 6.12. The molecule has 0 aliphatic rings. The summed E-state index contributed by atoms with van der Waals surface area (Å²) in [6.07, 6.45) is 4.52. The number of hydrogen-bond donors (Lipinski definition) is 1. The molecule has 2 rings (SSSR count). The lowest BCUT2D eigenvalue weighted by Gasteiger charge is -2.18. The van der Waals surface area contributed by atoms with Crippen LogP contribution in [0.4, 0.5) is 0 Å². The van der Waals surface area contributed by atoms with E-state index >= 15 is 0 Å². The molecule has 8 heteroatoms. The molecular formula is C18H23N3O4S. The number of benzene rings is 1. The average molecular weight is 377 g/mol. The van der Waals surface area contributed by atoms with Crippen LogP contribution in [0.25, 0.3) is 0 Å². The van der Waals surface area contributed by atoms with Crippen molar-refractivity contribution in [3.63, 3.8) is 0 Å². The first-order chi connectivity index (χ1) is 12.3. The van der Waals surface area contributed by atoms with Crippen molar-refractivity contribution in [2.45, 2.75) is 19.6 Å². The van der Waals surface area contributed by atoms with E-state index in [-0.39, 0.29) is 18.5 Å². The Labute approximate surface area is 154 Å². The highest BCUT2D eigenvalue weighted by Gasteiger charge is 2.17. The second-order valence-corrected chi connectivity index (χ2v) is 8.12. The number of carbonyl (C=O) groups excluding carboxylic acids is 1. The molecule has 1 aromatic carbocycles. The maximum absolute atomic E-state index is 12.0. The molecule has 2 aromatic rings. The number of nitrogens with one attached hydrogen (secondary N) is 1. The van der Waals surface area contributed by atoms with E-state index in [2.05, 4.69) is 10.3 Å². The van der Waals surface area contributed by atoms with Gasteiger partial charge in [-0.1, -0.05) is 18.2 Å². The van der Waals surface area contributed by atoms with Gasteiger partial charge in [0.05, 0.1) is 18.8 Å². The first-order valence-electron chi connectivity index (χ1n) is 8.08. The monoisotopic (exact) mass is 377 g/mol. The van der Waals surface area contributed by atoms with E-state index in [1.165, 1.54) is 7.05 Å². The van der Waals surface area contributed by atoms with Crippen LogP contribution in [0.15, 0.2) is 48.8 Å². The average Bonchev–Trinajstić information content (AvgIpc) is 2.60. The predicted molar refractivity (Wildman–Crippen MR) is 99.0 cm³/mol. The van der Waals surface area contributed by atoms with E-state index in [9.17, 15) is 13.2 Å². The van der Waals surface area contributed by atoms with Gasteiger partial charge in [-0.05, 0) is 30.7 Å². The van der Waals surface area contributed by atoms with Crippen LogP contribution in [0, 0.1) is 0 Å². The van der Waals surface area contributed by atoms with E-state index in [0.29, 0.717) is 12.4 Å². The Morgan fingerprint density at radius 2 is 1.96 bits per heavy atom. The molecule has 1 N–H and O–H groups in total. The SMILES string of the molecule is CC(NC(=O)CN(C)S(C)(=O)=O)c1ccc(OCc2cccnc2)cc1. The molecule has 0 spiro atoms. The molecule has 0 saturated carbocycles. The lowest BCUT2D eigenvalue weighted by Crippen LogP contribution is -2.38. The first-order valence-corrected chi connectivity index (χ1v) is 9.93. The summed E-state index contributed by atoms with van der Waals surface area (Å²) in [6, 6.07) is 10.9. The Bertz CT molecular complexity index is 823. The number of likely N-dealkylation sites (N-methyl/N-ethyl adjacent to an activating group) is 1. The molecule has 0 saturated heterocycles. The van der Waals surface area contributed by atoms with Crippen LogP contribution in [0.1, 0.15) is 24.1 Å². The van der Waals surface area contributed by atoms with Crippen molar-refractivity contribution in [2.75, 3.05) is 19.8 Å². The fraction of sp³-hybridized carbons (Fsp3) is 0.333. The molecule has 1 aromatic heterocycles. The summed E-state index contributed by atoms with van der Waals surface area (Å²) in [6.45, 7) is 2.05. The summed E-state index contributed by atoms with van der Waals surface area (Å²) in [4.78, 5) is 16.0. The number of aromatic nitrogens is 1. The molecule has 0 aliphatic heterocycles. The topological polar surface area (TPSA) is 88.6 Å².